The average Bonchev–Trinajstić information content (AvgIpc) is 2.83. The molecule has 23 heavy (non-hydrogen) atoms. The number of esters is 2. The van der Waals surface area contributed by atoms with Crippen LogP contribution in [0.4, 0.5) is 0 Å². The van der Waals surface area contributed by atoms with Crippen LogP contribution in [0, 0.1) is 5.92 Å². The van der Waals surface area contributed by atoms with Gasteiger partial charge in [0.2, 0.25) is 0 Å². The molecule has 0 bridgehead atoms. The van der Waals surface area contributed by atoms with E-state index in [1.54, 1.807) is 32.9 Å². The van der Waals surface area contributed by atoms with Gasteiger partial charge < -0.3 is 9.47 Å². The van der Waals surface area contributed by atoms with Crippen LogP contribution in [0.1, 0.15) is 26.3 Å². The summed E-state index contributed by atoms with van der Waals surface area (Å²) in [4.78, 5) is 22.9. The number of hydrogen-bond acceptors (Lipinski definition) is 6. The van der Waals surface area contributed by atoms with E-state index in [4.69, 9.17) is 21.1 Å². The van der Waals surface area contributed by atoms with Crippen molar-refractivity contribution in [2.45, 2.75) is 31.3 Å². The Morgan fingerprint density at radius 1 is 1.13 bits per heavy atom. The quantitative estimate of drug-likeness (QED) is 0.469. The molecule has 0 N–H and O–H groups in total. The van der Waals surface area contributed by atoms with E-state index in [9.17, 15) is 9.59 Å². The number of carbonyl (C=O) groups excluding carboxylic acids is 2. The van der Waals surface area contributed by atoms with Crippen molar-refractivity contribution in [3.05, 3.63) is 35.9 Å². The molecule has 1 aromatic rings. The summed E-state index contributed by atoms with van der Waals surface area (Å²) in [5, 5.41) is 8.09. The smallest absolute Gasteiger partial charge is 0.352 e. The number of nitrogens with zero attached hydrogens (tertiary/aromatic N) is 2. The third-order valence-electron chi connectivity index (χ3n) is 3.79. The molecule has 0 radical (unpaired) electrons. The van der Waals surface area contributed by atoms with Gasteiger partial charge >= 0.3 is 11.9 Å². The topological polar surface area (TPSA) is 77.3 Å². The lowest BCUT2D eigenvalue weighted by Gasteiger charge is -2.31. The molecule has 2 rings (SSSR count). The van der Waals surface area contributed by atoms with Gasteiger partial charge in [0.15, 0.2) is 0 Å². The highest BCUT2D eigenvalue weighted by Gasteiger charge is 2.64. The Morgan fingerprint density at radius 2 is 1.74 bits per heavy atom. The summed E-state index contributed by atoms with van der Waals surface area (Å²) in [5.41, 5.74) is -0.393. The summed E-state index contributed by atoms with van der Waals surface area (Å²) in [6, 6.07) is 9.09. The molecular weight excluding hydrogens is 320 g/mol. The lowest BCUT2D eigenvalue weighted by Crippen LogP contribution is -2.49. The first-order valence-corrected chi connectivity index (χ1v) is 7.80. The van der Waals surface area contributed by atoms with Crippen molar-refractivity contribution in [2.24, 2.45) is 16.1 Å². The fourth-order valence-electron chi connectivity index (χ4n) is 2.67. The zero-order valence-electron chi connectivity index (χ0n) is 13.3. The molecule has 0 saturated heterocycles. The number of rotatable bonds is 5. The molecule has 7 heteroatoms. The van der Waals surface area contributed by atoms with E-state index in [0.29, 0.717) is 5.56 Å². The van der Waals surface area contributed by atoms with Gasteiger partial charge in [-0.2, -0.15) is 10.2 Å². The summed E-state index contributed by atoms with van der Waals surface area (Å²) in [5.74, 6) is -2.55. The SMILES string of the molecule is CCOC(=O)[C@H]1[C@](Cl)(C(=O)OCC)N=N[C@@]1(C)c1ccccc1. The fraction of sp³-hybridized carbons (Fsp3) is 0.500. The summed E-state index contributed by atoms with van der Waals surface area (Å²) in [6.07, 6.45) is 0. The number of carbonyl (C=O) groups is 2. The first-order chi connectivity index (χ1) is 10.9. The third kappa shape index (κ3) is 2.95. The maximum atomic E-state index is 12.5. The van der Waals surface area contributed by atoms with Crippen molar-refractivity contribution < 1.29 is 19.1 Å². The van der Waals surface area contributed by atoms with Gasteiger partial charge in [-0.1, -0.05) is 41.9 Å². The van der Waals surface area contributed by atoms with Gasteiger partial charge in [-0.05, 0) is 26.3 Å². The molecule has 124 valence electrons. The first-order valence-electron chi connectivity index (χ1n) is 7.42. The molecule has 0 fully saturated rings. The molecule has 0 aliphatic carbocycles. The van der Waals surface area contributed by atoms with E-state index in [2.05, 4.69) is 10.2 Å². The normalized spacial score (nSPS) is 29.3. The Balaban J connectivity index is 2.50. The van der Waals surface area contributed by atoms with Crippen molar-refractivity contribution >= 4 is 23.5 Å². The highest BCUT2D eigenvalue weighted by atomic mass is 35.5. The van der Waals surface area contributed by atoms with Gasteiger partial charge in [0, 0.05) is 0 Å². The predicted molar refractivity (Wildman–Crippen MR) is 84.0 cm³/mol. The molecule has 1 aliphatic rings. The monoisotopic (exact) mass is 338 g/mol. The standard InChI is InChI=1S/C16H19ClN2O4/c1-4-22-13(20)12-15(3,11-9-7-6-8-10-11)18-19-16(12,17)14(21)23-5-2/h6-10,12H,4-5H2,1-3H3/t12-,15+,16-/m1/s1. The predicted octanol–water partition coefficient (Wildman–Crippen LogP) is 3.05. The molecule has 6 nitrogen and oxygen atoms in total. The van der Waals surface area contributed by atoms with Crippen LogP contribution in [-0.4, -0.2) is 30.2 Å². The Hall–Kier alpha value is -1.95. The van der Waals surface area contributed by atoms with Gasteiger partial charge in [0.25, 0.3) is 5.00 Å². The zero-order chi connectivity index (χ0) is 17.1. The van der Waals surface area contributed by atoms with E-state index >= 15 is 0 Å². The summed E-state index contributed by atoms with van der Waals surface area (Å²) in [6.45, 7) is 5.33. The molecular formula is C16H19ClN2O4. The average molecular weight is 339 g/mol. The molecule has 1 heterocycles. The second kappa shape index (κ2) is 6.66. The van der Waals surface area contributed by atoms with Crippen molar-refractivity contribution in [1.82, 2.24) is 0 Å². The fourth-order valence-corrected chi connectivity index (χ4v) is 3.06. The minimum Gasteiger partial charge on any atom is -0.466 e. The first kappa shape index (κ1) is 17.4. The minimum atomic E-state index is -1.92. The van der Waals surface area contributed by atoms with Crippen LogP contribution in [0.2, 0.25) is 0 Å². The number of ether oxygens (including phenoxy) is 2. The van der Waals surface area contributed by atoms with Gasteiger partial charge in [-0.15, -0.1) is 0 Å². The highest BCUT2D eigenvalue weighted by Crippen LogP contribution is 2.50. The van der Waals surface area contributed by atoms with Crippen LogP contribution in [-0.2, 0) is 24.6 Å². The molecule has 1 aromatic carbocycles. The van der Waals surface area contributed by atoms with E-state index in [1.165, 1.54) is 0 Å². The van der Waals surface area contributed by atoms with Crippen molar-refractivity contribution in [3.63, 3.8) is 0 Å². The van der Waals surface area contributed by atoms with Crippen LogP contribution < -0.4 is 0 Å². The lowest BCUT2D eigenvalue weighted by molar-refractivity contribution is -0.159. The van der Waals surface area contributed by atoms with Gasteiger partial charge in [0.05, 0.1) is 13.2 Å². The van der Waals surface area contributed by atoms with E-state index in [-0.39, 0.29) is 13.2 Å². The van der Waals surface area contributed by atoms with Crippen molar-refractivity contribution in [1.29, 1.82) is 0 Å². The van der Waals surface area contributed by atoms with Gasteiger partial charge in [-0.25, -0.2) is 4.79 Å². The maximum absolute atomic E-state index is 12.5. The molecule has 0 aromatic heterocycles. The van der Waals surface area contributed by atoms with Crippen molar-refractivity contribution in [2.75, 3.05) is 13.2 Å². The maximum Gasteiger partial charge on any atom is 0.352 e. The van der Waals surface area contributed by atoms with Crippen LogP contribution in [0.25, 0.3) is 0 Å². The second-order valence-corrected chi connectivity index (χ2v) is 5.87. The molecule has 0 spiro atoms. The summed E-state index contributed by atoms with van der Waals surface area (Å²) < 4.78 is 10.1. The minimum absolute atomic E-state index is 0.125. The third-order valence-corrected chi connectivity index (χ3v) is 4.24. The number of alkyl halides is 1. The second-order valence-electron chi connectivity index (χ2n) is 5.29. The Bertz CT molecular complexity index is 622. The van der Waals surface area contributed by atoms with Crippen LogP contribution >= 0.6 is 11.6 Å². The lowest BCUT2D eigenvalue weighted by atomic mass is 9.77. The van der Waals surface area contributed by atoms with E-state index < -0.39 is 28.4 Å². The van der Waals surface area contributed by atoms with Crippen LogP contribution in [0.3, 0.4) is 0 Å². The number of halogens is 1. The van der Waals surface area contributed by atoms with Crippen molar-refractivity contribution in [3.8, 4) is 0 Å². The van der Waals surface area contributed by atoms with Crippen LogP contribution in [0.15, 0.2) is 40.6 Å². The Labute approximate surface area is 139 Å². The number of hydrogen-bond donors (Lipinski definition) is 0. The Kier molecular flexibility index (Phi) is 5.04. The molecule has 1 aliphatic heterocycles. The number of benzene rings is 1. The molecule has 3 atom stereocenters. The molecule has 0 amide bonds. The van der Waals surface area contributed by atoms with Gasteiger partial charge in [-0.3, -0.25) is 4.79 Å². The van der Waals surface area contributed by atoms with E-state index in [0.717, 1.165) is 0 Å². The molecule has 0 saturated carbocycles. The summed E-state index contributed by atoms with van der Waals surface area (Å²) >= 11 is 6.40. The van der Waals surface area contributed by atoms with E-state index in [1.807, 2.05) is 18.2 Å². The zero-order valence-corrected chi connectivity index (χ0v) is 14.0. The molecule has 0 unspecified atom stereocenters. The Morgan fingerprint density at radius 3 is 2.30 bits per heavy atom. The number of azo groups is 1. The van der Waals surface area contributed by atoms with Crippen LogP contribution in [0.5, 0.6) is 0 Å². The van der Waals surface area contributed by atoms with Gasteiger partial charge in [0.1, 0.15) is 11.5 Å². The largest absolute Gasteiger partial charge is 0.466 e. The highest BCUT2D eigenvalue weighted by molar-refractivity contribution is 6.35. The summed E-state index contributed by atoms with van der Waals surface area (Å²) in [7, 11) is 0.